The molecule has 1 aromatic carbocycles. The summed E-state index contributed by atoms with van der Waals surface area (Å²) in [6.07, 6.45) is 2.35. The fourth-order valence-corrected chi connectivity index (χ4v) is 2.56. The van der Waals surface area contributed by atoms with Crippen molar-refractivity contribution in [2.24, 2.45) is 0 Å². The average molecular weight is 282 g/mol. The first-order chi connectivity index (χ1) is 10.1. The van der Waals surface area contributed by atoms with Gasteiger partial charge in [-0.05, 0) is 43.2 Å². The number of anilines is 1. The molecular formula is C16H14N2O3. The van der Waals surface area contributed by atoms with Crippen LogP contribution >= 0.6 is 0 Å². The number of aromatic carboxylic acids is 1. The number of amides is 1. The van der Waals surface area contributed by atoms with E-state index < -0.39 is 5.97 Å². The van der Waals surface area contributed by atoms with Crippen molar-refractivity contribution in [3.8, 4) is 0 Å². The Morgan fingerprint density at radius 2 is 2.00 bits per heavy atom. The van der Waals surface area contributed by atoms with E-state index in [0.717, 1.165) is 17.7 Å². The Morgan fingerprint density at radius 1 is 1.19 bits per heavy atom. The van der Waals surface area contributed by atoms with Crippen LogP contribution in [0.25, 0.3) is 0 Å². The van der Waals surface area contributed by atoms with Gasteiger partial charge in [-0.2, -0.15) is 0 Å². The summed E-state index contributed by atoms with van der Waals surface area (Å²) in [7, 11) is 0. The number of hydrogen-bond acceptors (Lipinski definition) is 3. The van der Waals surface area contributed by atoms with Gasteiger partial charge in [-0.25, -0.2) is 4.79 Å². The maximum Gasteiger partial charge on any atom is 0.335 e. The molecule has 1 aliphatic heterocycles. The van der Waals surface area contributed by atoms with Gasteiger partial charge in [-0.3, -0.25) is 9.78 Å². The molecule has 0 saturated heterocycles. The fourth-order valence-electron chi connectivity index (χ4n) is 2.56. The van der Waals surface area contributed by atoms with E-state index in [2.05, 4.69) is 4.98 Å². The third kappa shape index (κ3) is 2.38. The van der Waals surface area contributed by atoms with Crippen molar-refractivity contribution in [3.05, 3.63) is 58.9 Å². The molecule has 0 spiro atoms. The molecule has 0 unspecified atom stereocenters. The SMILES string of the molecule is Cc1cc(C(=O)N2CCc3ccc(C(=O)O)cc32)ccn1. The number of nitrogens with zero attached hydrogens (tertiary/aromatic N) is 2. The number of fused-ring (bicyclic) bond motifs is 1. The van der Waals surface area contributed by atoms with Crippen molar-refractivity contribution in [2.45, 2.75) is 13.3 Å². The summed E-state index contributed by atoms with van der Waals surface area (Å²) < 4.78 is 0. The second-order valence-electron chi connectivity index (χ2n) is 5.04. The summed E-state index contributed by atoms with van der Waals surface area (Å²) in [5.74, 6) is -1.11. The lowest BCUT2D eigenvalue weighted by Gasteiger charge is -2.18. The van der Waals surface area contributed by atoms with Crippen molar-refractivity contribution >= 4 is 17.6 Å². The zero-order valence-electron chi connectivity index (χ0n) is 11.5. The van der Waals surface area contributed by atoms with Gasteiger partial charge in [0.15, 0.2) is 0 Å². The molecule has 21 heavy (non-hydrogen) atoms. The van der Waals surface area contributed by atoms with Gasteiger partial charge in [0.1, 0.15) is 0 Å². The Balaban J connectivity index is 1.98. The number of carbonyl (C=O) groups is 2. The number of hydrogen-bond donors (Lipinski definition) is 1. The quantitative estimate of drug-likeness (QED) is 0.917. The molecule has 1 aromatic heterocycles. The van der Waals surface area contributed by atoms with Crippen molar-refractivity contribution < 1.29 is 14.7 Å². The first-order valence-electron chi connectivity index (χ1n) is 6.67. The Kier molecular flexibility index (Phi) is 3.17. The normalized spacial score (nSPS) is 13.1. The van der Waals surface area contributed by atoms with Crippen LogP contribution in [0.5, 0.6) is 0 Å². The minimum Gasteiger partial charge on any atom is -0.478 e. The van der Waals surface area contributed by atoms with Gasteiger partial charge in [-0.1, -0.05) is 6.07 Å². The monoisotopic (exact) mass is 282 g/mol. The molecule has 0 radical (unpaired) electrons. The minimum absolute atomic E-state index is 0.123. The van der Waals surface area contributed by atoms with Gasteiger partial charge in [0.25, 0.3) is 5.91 Å². The number of aromatic nitrogens is 1. The molecule has 0 fully saturated rings. The molecule has 0 saturated carbocycles. The third-order valence-electron chi connectivity index (χ3n) is 3.62. The highest BCUT2D eigenvalue weighted by atomic mass is 16.4. The number of carboxylic acid groups (broad SMARTS) is 1. The van der Waals surface area contributed by atoms with Crippen LogP contribution in [0.3, 0.4) is 0 Å². The highest BCUT2D eigenvalue weighted by molar-refractivity contribution is 6.07. The van der Waals surface area contributed by atoms with Gasteiger partial charge < -0.3 is 10.0 Å². The van der Waals surface area contributed by atoms with Gasteiger partial charge >= 0.3 is 5.97 Å². The minimum atomic E-state index is -0.989. The summed E-state index contributed by atoms with van der Waals surface area (Å²) in [4.78, 5) is 29.4. The van der Waals surface area contributed by atoms with Gasteiger partial charge in [0, 0.05) is 29.7 Å². The topological polar surface area (TPSA) is 70.5 Å². The van der Waals surface area contributed by atoms with Crippen LogP contribution in [0, 0.1) is 6.92 Å². The lowest BCUT2D eigenvalue weighted by atomic mass is 10.1. The molecule has 2 heterocycles. The molecular weight excluding hydrogens is 268 g/mol. The summed E-state index contributed by atoms with van der Waals surface area (Å²) in [5, 5.41) is 9.08. The predicted octanol–water partition coefficient (Wildman–Crippen LogP) is 2.29. The van der Waals surface area contributed by atoms with E-state index in [-0.39, 0.29) is 11.5 Å². The summed E-state index contributed by atoms with van der Waals surface area (Å²) in [6.45, 7) is 2.40. The fraction of sp³-hybridized carbons (Fsp3) is 0.188. The Bertz CT molecular complexity index is 740. The molecule has 0 atom stereocenters. The van der Waals surface area contributed by atoms with Crippen molar-refractivity contribution in [1.82, 2.24) is 4.98 Å². The highest BCUT2D eigenvalue weighted by Crippen LogP contribution is 2.30. The van der Waals surface area contributed by atoms with E-state index >= 15 is 0 Å². The number of pyridine rings is 1. The molecule has 106 valence electrons. The van der Waals surface area contributed by atoms with Crippen molar-refractivity contribution in [2.75, 3.05) is 11.4 Å². The van der Waals surface area contributed by atoms with Crippen molar-refractivity contribution in [3.63, 3.8) is 0 Å². The third-order valence-corrected chi connectivity index (χ3v) is 3.62. The number of carboxylic acids is 1. The summed E-state index contributed by atoms with van der Waals surface area (Å²) >= 11 is 0. The van der Waals surface area contributed by atoms with Crippen LogP contribution in [0.4, 0.5) is 5.69 Å². The molecule has 1 amide bonds. The van der Waals surface area contributed by atoms with Crippen LogP contribution in [-0.4, -0.2) is 28.5 Å². The second-order valence-corrected chi connectivity index (χ2v) is 5.04. The largest absolute Gasteiger partial charge is 0.478 e. The maximum absolute atomic E-state index is 12.6. The van der Waals surface area contributed by atoms with E-state index in [0.29, 0.717) is 17.8 Å². The maximum atomic E-state index is 12.6. The molecule has 3 rings (SSSR count). The standard InChI is InChI=1S/C16H14N2O3/c1-10-8-12(4-6-17-10)15(19)18-7-5-11-2-3-13(16(20)21)9-14(11)18/h2-4,6,8-9H,5,7H2,1H3,(H,20,21). The van der Waals surface area contributed by atoms with Gasteiger partial charge in [0.05, 0.1) is 5.56 Å². The smallest absolute Gasteiger partial charge is 0.335 e. The predicted molar refractivity (Wildman–Crippen MR) is 77.8 cm³/mol. The molecule has 0 aliphatic carbocycles. The highest BCUT2D eigenvalue weighted by Gasteiger charge is 2.26. The zero-order valence-corrected chi connectivity index (χ0v) is 11.5. The second kappa shape index (κ2) is 5.01. The molecule has 1 N–H and O–H groups in total. The summed E-state index contributed by atoms with van der Waals surface area (Å²) in [6, 6.07) is 8.34. The molecule has 2 aromatic rings. The average Bonchev–Trinajstić information content (AvgIpc) is 2.89. The zero-order chi connectivity index (χ0) is 15.0. The Morgan fingerprint density at radius 3 is 2.71 bits per heavy atom. The van der Waals surface area contributed by atoms with Crippen LogP contribution in [0.15, 0.2) is 36.5 Å². The van der Waals surface area contributed by atoms with E-state index in [1.54, 1.807) is 41.4 Å². The van der Waals surface area contributed by atoms with Gasteiger partial charge in [-0.15, -0.1) is 0 Å². The first kappa shape index (κ1) is 13.3. The molecule has 0 bridgehead atoms. The van der Waals surface area contributed by atoms with Crippen LogP contribution in [0.2, 0.25) is 0 Å². The lowest BCUT2D eigenvalue weighted by molar-refractivity contribution is 0.0696. The Labute approximate surface area is 121 Å². The van der Waals surface area contributed by atoms with E-state index in [9.17, 15) is 9.59 Å². The number of aryl methyl sites for hydroxylation is 1. The van der Waals surface area contributed by atoms with Crippen LogP contribution < -0.4 is 4.90 Å². The number of benzene rings is 1. The molecule has 5 nitrogen and oxygen atoms in total. The Hall–Kier alpha value is -2.69. The van der Waals surface area contributed by atoms with Crippen LogP contribution in [-0.2, 0) is 6.42 Å². The van der Waals surface area contributed by atoms with Crippen molar-refractivity contribution in [1.29, 1.82) is 0 Å². The number of rotatable bonds is 2. The van der Waals surface area contributed by atoms with E-state index in [4.69, 9.17) is 5.11 Å². The lowest BCUT2D eigenvalue weighted by Crippen LogP contribution is -2.29. The number of carbonyl (C=O) groups excluding carboxylic acids is 1. The van der Waals surface area contributed by atoms with Crippen LogP contribution in [0.1, 0.15) is 32.0 Å². The molecule has 1 aliphatic rings. The van der Waals surface area contributed by atoms with Gasteiger partial charge in [0.2, 0.25) is 0 Å². The summed E-state index contributed by atoms with van der Waals surface area (Å²) in [5.41, 5.74) is 3.23. The first-order valence-corrected chi connectivity index (χ1v) is 6.67. The molecule has 5 heteroatoms. The van der Waals surface area contributed by atoms with E-state index in [1.807, 2.05) is 6.92 Å². The van der Waals surface area contributed by atoms with E-state index in [1.165, 1.54) is 0 Å².